The molecule has 7 heteroatoms. The Morgan fingerprint density at radius 2 is 2.16 bits per heavy atom. The van der Waals surface area contributed by atoms with Gasteiger partial charge in [0.15, 0.2) is 6.79 Å². The minimum atomic E-state index is -0.267. The van der Waals surface area contributed by atoms with E-state index in [9.17, 15) is 4.39 Å². The average molecular weight is 359 g/mol. The fourth-order valence-corrected chi connectivity index (χ4v) is 4.07. The van der Waals surface area contributed by atoms with Crippen LogP contribution in [0.5, 0.6) is 5.75 Å². The van der Waals surface area contributed by atoms with Gasteiger partial charge < -0.3 is 14.8 Å². The van der Waals surface area contributed by atoms with Crippen molar-refractivity contribution in [3.63, 3.8) is 0 Å². The van der Waals surface area contributed by atoms with E-state index in [1.165, 1.54) is 22.6 Å². The van der Waals surface area contributed by atoms with Gasteiger partial charge in [-0.05, 0) is 43.5 Å². The number of benzene rings is 1. The van der Waals surface area contributed by atoms with Crippen LogP contribution in [-0.4, -0.2) is 23.3 Å². The first-order chi connectivity index (χ1) is 12.1. The summed E-state index contributed by atoms with van der Waals surface area (Å²) in [6.07, 6.45) is 2.21. The topological polar surface area (TPSA) is 56.3 Å². The number of hydrogen-bond donors (Lipinski definition) is 1. The molecule has 0 unspecified atom stereocenters. The molecule has 0 radical (unpaired) electrons. The van der Waals surface area contributed by atoms with Crippen molar-refractivity contribution in [2.75, 3.05) is 18.7 Å². The number of ether oxygens (including phenoxy) is 2. The minimum Gasteiger partial charge on any atom is -0.467 e. The highest BCUT2D eigenvalue weighted by molar-refractivity contribution is 7.18. The summed E-state index contributed by atoms with van der Waals surface area (Å²) in [6.45, 7) is 5.39. The Bertz CT molecular complexity index is 942. The number of aryl methyl sites for hydroxylation is 2. The molecule has 0 amide bonds. The molecule has 0 aliphatic carbocycles. The van der Waals surface area contributed by atoms with Crippen molar-refractivity contribution in [2.24, 2.45) is 0 Å². The Morgan fingerprint density at radius 3 is 3.04 bits per heavy atom. The summed E-state index contributed by atoms with van der Waals surface area (Å²) in [5.41, 5.74) is 2.80. The van der Waals surface area contributed by atoms with Gasteiger partial charge in [0.1, 0.15) is 28.5 Å². The number of hydrogen-bond acceptors (Lipinski definition) is 6. The monoisotopic (exact) mass is 359 g/mol. The number of rotatable bonds is 4. The molecule has 2 aromatic heterocycles. The standard InChI is InChI=1S/C18H18FN3O2S/c1-10-11(2)25-18-15(10)17(21-8-22-18)20-4-3-12-5-14(19)6-13-7-23-9-24-16(12)13/h5-6,8H,3-4,7,9H2,1-2H3,(H,20,21,22). The molecule has 3 heterocycles. The Morgan fingerprint density at radius 1 is 1.28 bits per heavy atom. The molecule has 0 spiro atoms. The van der Waals surface area contributed by atoms with Crippen molar-refractivity contribution in [1.29, 1.82) is 0 Å². The van der Waals surface area contributed by atoms with E-state index in [0.29, 0.717) is 19.6 Å². The molecule has 130 valence electrons. The van der Waals surface area contributed by atoms with Crippen LogP contribution in [0.15, 0.2) is 18.5 Å². The van der Waals surface area contributed by atoms with Crippen molar-refractivity contribution >= 4 is 27.4 Å². The second-order valence-corrected chi connectivity index (χ2v) is 7.23. The number of halogens is 1. The zero-order valence-electron chi connectivity index (χ0n) is 14.1. The predicted molar refractivity (Wildman–Crippen MR) is 95.8 cm³/mol. The molecule has 3 aromatic rings. The normalized spacial score (nSPS) is 13.6. The van der Waals surface area contributed by atoms with Gasteiger partial charge in [0.2, 0.25) is 0 Å². The van der Waals surface area contributed by atoms with Crippen LogP contribution < -0.4 is 10.1 Å². The second kappa shape index (κ2) is 6.57. The summed E-state index contributed by atoms with van der Waals surface area (Å²) < 4.78 is 24.6. The molecule has 1 N–H and O–H groups in total. The number of thiophene rings is 1. The van der Waals surface area contributed by atoms with E-state index in [-0.39, 0.29) is 12.6 Å². The lowest BCUT2D eigenvalue weighted by atomic mass is 10.1. The minimum absolute atomic E-state index is 0.207. The van der Waals surface area contributed by atoms with Crippen LogP contribution in [0.2, 0.25) is 0 Å². The van der Waals surface area contributed by atoms with Crippen LogP contribution in [0.4, 0.5) is 10.2 Å². The van der Waals surface area contributed by atoms with Gasteiger partial charge in [-0.3, -0.25) is 0 Å². The molecule has 25 heavy (non-hydrogen) atoms. The molecule has 0 fully saturated rings. The smallest absolute Gasteiger partial charge is 0.189 e. The lowest BCUT2D eigenvalue weighted by Crippen LogP contribution is -2.15. The van der Waals surface area contributed by atoms with E-state index in [0.717, 1.165) is 32.9 Å². The van der Waals surface area contributed by atoms with E-state index in [2.05, 4.69) is 29.1 Å². The van der Waals surface area contributed by atoms with Crippen LogP contribution in [0.1, 0.15) is 21.6 Å². The Labute approximate surface area is 148 Å². The lowest BCUT2D eigenvalue weighted by Gasteiger charge is -2.21. The van der Waals surface area contributed by atoms with Gasteiger partial charge in [-0.25, -0.2) is 14.4 Å². The molecular formula is C18H18FN3O2S. The third-order valence-electron chi connectivity index (χ3n) is 4.40. The Balaban J connectivity index is 1.55. The van der Waals surface area contributed by atoms with Crippen LogP contribution >= 0.6 is 11.3 Å². The van der Waals surface area contributed by atoms with Crippen LogP contribution in [-0.2, 0) is 17.8 Å². The van der Waals surface area contributed by atoms with Gasteiger partial charge in [0.25, 0.3) is 0 Å². The second-order valence-electron chi connectivity index (χ2n) is 6.03. The molecule has 5 nitrogen and oxygen atoms in total. The fourth-order valence-electron chi connectivity index (χ4n) is 3.07. The zero-order valence-corrected chi connectivity index (χ0v) is 14.9. The first kappa shape index (κ1) is 16.2. The molecule has 0 bridgehead atoms. The molecule has 0 atom stereocenters. The predicted octanol–water partition coefficient (Wildman–Crippen LogP) is 3.97. The molecule has 1 aliphatic heterocycles. The highest BCUT2D eigenvalue weighted by Gasteiger charge is 2.17. The fraction of sp³-hybridized carbons (Fsp3) is 0.333. The van der Waals surface area contributed by atoms with Gasteiger partial charge in [-0.15, -0.1) is 11.3 Å². The van der Waals surface area contributed by atoms with Gasteiger partial charge in [-0.2, -0.15) is 0 Å². The van der Waals surface area contributed by atoms with E-state index in [1.54, 1.807) is 17.7 Å². The summed E-state index contributed by atoms with van der Waals surface area (Å²) >= 11 is 1.67. The van der Waals surface area contributed by atoms with Crippen molar-refractivity contribution in [3.8, 4) is 5.75 Å². The van der Waals surface area contributed by atoms with Crippen LogP contribution in [0.25, 0.3) is 10.2 Å². The zero-order chi connectivity index (χ0) is 17.4. The van der Waals surface area contributed by atoms with Crippen molar-refractivity contribution in [2.45, 2.75) is 26.9 Å². The molecule has 0 saturated carbocycles. The largest absolute Gasteiger partial charge is 0.467 e. The average Bonchev–Trinajstić information content (AvgIpc) is 2.90. The van der Waals surface area contributed by atoms with Crippen molar-refractivity contribution < 1.29 is 13.9 Å². The summed E-state index contributed by atoms with van der Waals surface area (Å²) in [5, 5.41) is 4.43. The molecule has 0 saturated heterocycles. The molecule has 1 aliphatic rings. The third kappa shape index (κ3) is 3.05. The molecule has 4 rings (SSSR count). The highest BCUT2D eigenvalue weighted by atomic mass is 32.1. The van der Waals surface area contributed by atoms with Gasteiger partial charge in [0, 0.05) is 17.0 Å². The molecular weight excluding hydrogens is 341 g/mol. The van der Waals surface area contributed by atoms with E-state index in [1.807, 2.05) is 0 Å². The summed E-state index contributed by atoms with van der Waals surface area (Å²) in [5.74, 6) is 1.29. The summed E-state index contributed by atoms with van der Waals surface area (Å²) in [6, 6.07) is 3.00. The van der Waals surface area contributed by atoms with Gasteiger partial charge in [-0.1, -0.05) is 0 Å². The highest BCUT2D eigenvalue weighted by Crippen LogP contribution is 2.33. The number of fused-ring (bicyclic) bond motifs is 2. The van der Waals surface area contributed by atoms with Gasteiger partial charge in [0.05, 0.1) is 12.0 Å². The van der Waals surface area contributed by atoms with E-state index in [4.69, 9.17) is 9.47 Å². The van der Waals surface area contributed by atoms with E-state index >= 15 is 0 Å². The number of nitrogens with zero attached hydrogens (tertiary/aromatic N) is 2. The summed E-state index contributed by atoms with van der Waals surface area (Å²) in [4.78, 5) is 10.9. The lowest BCUT2D eigenvalue weighted by molar-refractivity contribution is -0.0172. The van der Waals surface area contributed by atoms with E-state index < -0.39 is 0 Å². The number of anilines is 1. The SMILES string of the molecule is Cc1sc2ncnc(NCCc3cc(F)cc4c3OCOC4)c2c1C. The maximum Gasteiger partial charge on any atom is 0.189 e. The maximum atomic E-state index is 13.8. The van der Waals surface area contributed by atoms with Crippen LogP contribution in [0.3, 0.4) is 0 Å². The third-order valence-corrected chi connectivity index (χ3v) is 5.52. The van der Waals surface area contributed by atoms with Crippen LogP contribution in [0, 0.1) is 19.7 Å². The summed E-state index contributed by atoms with van der Waals surface area (Å²) in [7, 11) is 0. The maximum absolute atomic E-state index is 13.8. The quantitative estimate of drug-likeness (QED) is 0.764. The van der Waals surface area contributed by atoms with Gasteiger partial charge >= 0.3 is 0 Å². The van der Waals surface area contributed by atoms with Crippen molar-refractivity contribution in [1.82, 2.24) is 9.97 Å². The molecule has 1 aromatic carbocycles. The number of nitrogens with one attached hydrogen (secondary N) is 1. The Kier molecular flexibility index (Phi) is 4.27. The Hall–Kier alpha value is -2.25. The van der Waals surface area contributed by atoms with Crippen molar-refractivity contribution in [3.05, 3.63) is 45.8 Å². The number of aromatic nitrogens is 2. The first-order valence-corrected chi connectivity index (χ1v) is 8.91. The first-order valence-electron chi connectivity index (χ1n) is 8.10.